The number of hydrogen-bond acceptors (Lipinski definition) is 4. The summed E-state index contributed by atoms with van der Waals surface area (Å²) in [7, 11) is 0.760. The van der Waals surface area contributed by atoms with Crippen molar-refractivity contribution < 1.29 is 13.9 Å². The van der Waals surface area contributed by atoms with Crippen molar-refractivity contribution >= 4 is 18.7 Å². The van der Waals surface area contributed by atoms with Crippen LogP contribution in [0.15, 0.2) is 121 Å². The summed E-state index contributed by atoms with van der Waals surface area (Å²) in [5.74, 6) is 0.470. The molecule has 47 heavy (non-hydrogen) atoms. The molecular formula is C42H55NO3Si. The molecule has 0 saturated heterocycles. The number of nitrogens with zero attached hydrogens (tertiary/aromatic N) is 1. The molecule has 0 heterocycles. The van der Waals surface area contributed by atoms with Crippen molar-refractivity contribution in [2.75, 3.05) is 14.2 Å². The molecule has 1 aliphatic rings. The molecule has 5 heteroatoms. The standard InChI is InChI=1S/C42H55NO3Si/c1-42(2,3)47(37-27-17-9-18-28-37,38-29-19-10-20-30-38)46-40(36-25-15-8-16-26-36)31-39(41(44-4)45-5)43(32-34-21-11-6-12-22-34)33-35-23-13-7-14-24-35/h6-7,9-14,17-24,27-30,36,39-41H,8,15-16,25-26,31-33H2,1-5H3. The van der Waals surface area contributed by atoms with Crippen molar-refractivity contribution in [1.82, 2.24) is 4.90 Å². The summed E-state index contributed by atoms with van der Waals surface area (Å²) in [6, 6.07) is 43.8. The molecule has 4 nitrogen and oxygen atoms in total. The summed E-state index contributed by atoms with van der Waals surface area (Å²) in [4.78, 5) is 2.56. The van der Waals surface area contributed by atoms with E-state index in [1.165, 1.54) is 53.6 Å². The Morgan fingerprint density at radius 2 is 1.06 bits per heavy atom. The number of methoxy groups -OCH3 is 2. The molecule has 0 radical (unpaired) electrons. The lowest BCUT2D eigenvalue weighted by Crippen LogP contribution is -2.68. The van der Waals surface area contributed by atoms with Crippen LogP contribution in [0.3, 0.4) is 0 Å². The molecule has 0 aliphatic heterocycles. The Labute approximate surface area is 285 Å². The number of benzene rings is 4. The summed E-state index contributed by atoms with van der Waals surface area (Å²) >= 11 is 0. The fraction of sp³-hybridized carbons (Fsp3) is 0.429. The smallest absolute Gasteiger partial charge is 0.261 e. The Morgan fingerprint density at radius 3 is 1.47 bits per heavy atom. The van der Waals surface area contributed by atoms with E-state index in [0.717, 1.165) is 19.5 Å². The van der Waals surface area contributed by atoms with E-state index >= 15 is 0 Å². The molecule has 0 spiro atoms. The largest absolute Gasteiger partial charge is 0.404 e. The molecule has 2 unspecified atom stereocenters. The predicted octanol–water partition coefficient (Wildman–Crippen LogP) is 8.59. The lowest BCUT2D eigenvalue weighted by Gasteiger charge is -2.48. The summed E-state index contributed by atoms with van der Waals surface area (Å²) in [6.07, 6.45) is 6.65. The molecule has 0 aromatic heterocycles. The Morgan fingerprint density at radius 1 is 0.638 bits per heavy atom. The first-order valence-electron chi connectivity index (χ1n) is 17.5. The Balaban J connectivity index is 1.62. The highest BCUT2D eigenvalue weighted by molar-refractivity contribution is 6.99. The third kappa shape index (κ3) is 8.70. The van der Waals surface area contributed by atoms with Crippen LogP contribution in [0.2, 0.25) is 5.04 Å². The van der Waals surface area contributed by atoms with Gasteiger partial charge in [-0.2, -0.15) is 0 Å². The van der Waals surface area contributed by atoms with Gasteiger partial charge in [-0.3, -0.25) is 4.90 Å². The van der Waals surface area contributed by atoms with Gasteiger partial charge < -0.3 is 13.9 Å². The first-order chi connectivity index (χ1) is 22.9. The van der Waals surface area contributed by atoms with Gasteiger partial charge in [0.2, 0.25) is 0 Å². The molecule has 0 amide bonds. The lowest BCUT2D eigenvalue weighted by atomic mass is 9.83. The fourth-order valence-corrected chi connectivity index (χ4v) is 12.5. The van der Waals surface area contributed by atoms with Gasteiger partial charge in [-0.05, 0) is 51.7 Å². The van der Waals surface area contributed by atoms with E-state index in [1.807, 2.05) is 0 Å². The van der Waals surface area contributed by atoms with Crippen molar-refractivity contribution in [3.63, 3.8) is 0 Å². The Kier molecular flexibility index (Phi) is 12.6. The Bertz CT molecular complexity index is 1350. The van der Waals surface area contributed by atoms with Gasteiger partial charge in [0.25, 0.3) is 8.32 Å². The third-order valence-corrected chi connectivity index (χ3v) is 15.2. The van der Waals surface area contributed by atoms with E-state index in [9.17, 15) is 0 Å². The van der Waals surface area contributed by atoms with Gasteiger partial charge in [-0.15, -0.1) is 0 Å². The summed E-state index contributed by atoms with van der Waals surface area (Å²) < 4.78 is 20.4. The topological polar surface area (TPSA) is 30.9 Å². The first-order valence-corrected chi connectivity index (χ1v) is 19.4. The minimum Gasteiger partial charge on any atom is -0.404 e. The molecule has 1 fully saturated rings. The summed E-state index contributed by atoms with van der Waals surface area (Å²) in [6.45, 7) is 8.75. The quantitative estimate of drug-likeness (QED) is 0.0954. The zero-order valence-electron chi connectivity index (χ0n) is 29.2. The van der Waals surface area contributed by atoms with Crippen molar-refractivity contribution in [2.45, 2.75) is 95.9 Å². The van der Waals surface area contributed by atoms with E-state index < -0.39 is 14.6 Å². The first kappa shape index (κ1) is 35.2. The molecular weight excluding hydrogens is 595 g/mol. The van der Waals surface area contributed by atoms with Crippen LogP contribution in [0, 0.1) is 5.92 Å². The van der Waals surface area contributed by atoms with Crippen LogP contribution < -0.4 is 10.4 Å². The second-order valence-corrected chi connectivity index (χ2v) is 18.5. The highest BCUT2D eigenvalue weighted by Gasteiger charge is 2.52. The predicted molar refractivity (Wildman–Crippen MR) is 197 cm³/mol. The van der Waals surface area contributed by atoms with Gasteiger partial charge in [-0.25, -0.2) is 0 Å². The highest BCUT2D eigenvalue weighted by atomic mass is 28.4. The lowest BCUT2D eigenvalue weighted by molar-refractivity contribution is -0.158. The van der Waals surface area contributed by atoms with Crippen LogP contribution in [0.4, 0.5) is 0 Å². The average molecular weight is 650 g/mol. The normalized spacial score (nSPS) is 16.0. The van der Waals surface area contributed by atoms with E-state index in [4.69, 9.17) is 13.9 Å². The summed E-state index contributed by atoms with van der Waals surface area (Å²) in [5.41, 5.74) is 2.56. The van der Waals surface area contributed by atoms with Crippen LogP contribution in [0.5, 0.6) is 0 Å². The molecule has 0 bridgehead atoms. The number of hydrogen-bond donors (Lipinski definition) is 0. The zero-order chi connectivity index (χ0) is 33.1. The number of ether oxygens (including phenoxy) is 2. The van der Waals surface area contributed by atoms with Gasteiger partial charge >= 0.3 is 0 Å². The van der Waals surface area contributed by atoms with Crippen LogP contribution in [-0.2, 0) is 27.0 Å². The Hall–Kier alpha value is -3.06. The third-order valence-electron chi connectivity index (χ3n) is 10.1. The van der Waals surface area contributed by atoms with Gasteiger partial charge in [0.05, 0.1) is 12.1 Å². The molecule has 4 aromatic rings. The van der Waals surface area contributed by atoms with Crippen molar-refractivity contribution in [3.05, 3.63) is 132 Å². The van der Waals surface area contributed by atoms with E-state index in [-0.39, 0.29) is 17.2 Å². The zero-order valence-corrected chi connectivity index (χ0v) is 30.2. The molecule has 2 atom stereocenters. The van der Waals surface area contributed by atoms with E-state index in [2.05, 4.69) is 147 Å². The highest BCUT2D eigenvalue weighted by Crippen LogP contribution is 2.41. The maximum absolute atomic E-state index is 8.04. The average Bonchev–Trinajstić information content (AvgIpc) is 3.11. The van der Waals surface area contributed by atoms with Crippen LogP contribution in [-0.4, -0.2) is 45.9 Å². The molecule has 250 valence electrons. The molecule has 1 saturated carbocycles. The van der Waals surface area contributed by atoms with E-state index in [0.29, 0.717) is 5.92 Å². The SMILES string of the molecule is COC(OC)C(CC(O[Si](c1ccccc1)(c1ccccc1)C(C)(C)C)C1CCCCC1)N(Cc1ccccc1)Cc1ccccc1. The van der Waals surface area contributed by atoms with Crippen molar-refractivity contribution in [1.29, 1.82) is 0 Å². The second kappa shape index (κ2) is 16.9. The van der Waals surface area contributed by atoms with Crippen molar-refractivity contribution in [2.24, 2.45) is 5.92 Å². The maximum Gasteiger partial charge on any atom is 0.261 e. The van der Waals surface area contributed by atoms with Crippen LogP contribution >= 0.6 is 0 Å². The van der Waals surface area contributed by atoms with Gasteiger partial charge in [0, 0.05) is 27.3 Å². The number of rotatable bonds is 15. The van der Waals surface area contributed by atoms with Crippen molar-refractivity contribution in [3.8, 4) is 0 Å². The second-order valence-electron chi connectivity index (χ2n) is 14.2. The summed E-state index contributed by atoms with van der Waals surface area (Å²) in [5, 5.41) is 2.56. The van der Waals surface area contributed by atoms with Gasteiger partial charge in [0.1, 0.15) is 0 Å². The van der Waals surface area contributed by atoms with Crippen LogP contribution in [0.25, 0.3) is 0 Å². The van der Waals surface area contributed by atoms with Crippen LogP contribution in [0.1, 0.15) is 70.4 Å². The van der Waals surface area contributed by atoms with Gasteiger partial charge in [0.15, 0.2) is 6.29 Å². The molecule has 5 rings (SSSR count). The minimum atomic E-state index is -2.80. The maximum atomic E-state index is 8.04. The molecule has 4 aromatic carbocycles. The van der Waals surface area contributed by atoms with E-state index in [1.54, 1.807) is 14.2 Å². The molecule has 1 aliphatic carbocycles. The molecule has 0 N–H and O–H groups in total. The fourth-order valence-electron chi connectivity index (χ4n) is 7.77. The van der Waals surface area contributed by atoms with Gasteiger partial charge in [-0.1, -0.05) is 161 Å². The monoisotopic (exact) mass is 649 g/mol. The minimum absolute atomic E-state index is 0.0319.